The van der Waals surface area contributed by atoms with Crippen molar-refractivity contribution in [1.29, 1.82) is 0 Å². The van der Waals surface area contributed by atoms with E-state index in [1.54, 1.807) is 0 Å². The predicted octanol–water partition coefficient (Wildman–Crippen LogP) is 3.01. The molecule has 3 rings (SSSR count). The second kappa shape index (κ2) is 5.94. The van der Waals surface area contributed by atoms with Crippen LogP contribution in [0.3, 0.4) is 0 Å². The maximum atomic E-state index is 12.0. The average Bonchev–Trinajstić information content (AvgIpc) is 3.11. The zero-order valence-electron chi connectivity index (χ0n) is 12.5. The molecule has 2 aromatic heterocycles. The van der Waals surface area contributed by atoms with Crippen LogP contribution in [0.1, 0.15) is 26.9 Å². The third-order valence-corrected chi connectivity index (χ3v) is 4.75. The van der Waals surface area contributed by atoms with Gasteiger partial charge in [-0.2, -0.15) is 0 Å². The summed E-state index contributed by atoms with van der Waals surface area (Å²) >= 11 is 1.41. The lowest BCUT2D eigenvalue weighted by atomic mass is 10.1. The molecule has 0 spiro atoms. The number of fused-ring (bicyclic) bond motifs is 1. The molecule has 114 valence electrons. The van der Waals surface area contributed by atoms with Crippen molar-refractivity contribution in [2.24, 2.45) is 7.05 Å². The lowest BCUT2D eigenvalue weighted by Gasteiger charge is -2.12. The monoisotopic (exact) mass is 314 g/mol. The Labute approximate surface area is 133 Å². The van der Waals surface area contributed by atoms with Gasteiger partial charge in [0.15, 0.2) is 0 Å². The third kappa shape index (κ3) is 2.91. The van der Waals surface area contributed by atoms with E-state index >= 15 is 0 Å². The number of carbonyl (C=O) groups excluding carboxylic acids is 1. The van der Waals surface area contributed by atoms with E-state index in [-0.39, 0.29) is 12.5 Å². The molecule has 0 aliphatic carbocycles. The summed E-state index contributed by atoms with van der Waals surface area (Å²) in [5, 5.41) is 16.1. The number of nitrogens with zero attached hydrogens (tertiary/aromatic N) is 1. The summed E-state index contributed by atoms with van der Waals surface area (Å²) in [7, 11) is 1.99. The van der Waals surface area contributed by atoms with Crippen LogP contribution in [0.25, 0.3) is 10.9 Å². The van der Waals surface area contributed by atoms with E-state index in [4.69, 9.17) is 0 Å². The zero-order chi connectivity index (χ0) is 15.7. The number of thiophene rings is 1. The molecule has 2 heterocycles. The zero-order valence-corrected chi connectivity index (χ0v) is 13.4. The summed E-state index contributed by atoms with van der Waals surface area (Å²) in [6.45, 7) is 2.16. The van der Waals surface area contributed by atoms with Gasteiger partial charge in [0.25, 0.3) is 5.91 Å². The van der Waals surface area contributed by atoms with Crippen LogP contribution in [0, 0.1) is 6.92 Å². The lowest BCUT2D eigenvalue weighted by molar-refractivity contribution is 0.0920. The molecule has 3 aromatic rings. The van der Waals surface area contributed by atoms with Crippen molar-refractivity contribution in [3.8, 4) is 0 Å². The molecule has 0 aliphatic rings. The molecule has 0 saturated heterocycles. The molecule has 5 heteroatoms. The standard InChI is InChI=1S/C17H18N2O2S/c1-11-7-16(22-10-11)17(21)18-9-15(20)13-3-4-14-12(8-13)5-6-19(14)2/h3-8,10,15,20H,9H2,1-2H3,(H,18,21)/t15-/m0/s1. The Morgan fingerprint density at radius 2 is 2.18 bits per heavy atom. The number of aliphatic hydroxyl groups excluding tert-OH is 1. The summed E-state index contributed by atoms with van der Waals surface area (Å²) in [4.78, 5) is 12.7. The van der Waals surface area contributed by atoms with Gasteiger partial charge in [0, 0.05) is 25.3 Å². The van der Waals surface area contributed by atoms with Crippen LogP contribution >= 0.6 is 11.3 Å². The highest BCUT2D eigenvalue weighted by Crippen LogP contribution is 2.21. The number of benzene rings is 1. The third-order valence-electron chi connectivity index (χ3n) is 3.70. The van der Waals surface area contributed by atoms with Crippen LogP contribution in [-0.4, -0.2) is 22.1 Å². The van der Waals surface area contributed by atoms with Gasteiger partial charge in [-0.15, -0.1) is 11.3 Å². The van der Waals surface area contributed by atoms with Crippen LogP contribution in [0.5, 0.6) is 0 Å². The summed E-state index contributed by atoms with van der Waals surface area (Å²) in [5.74, 6) is -0.141. The first-order valence-corrected chi connectivity index (χ1v) is 7.99. The van der Waals surface area contributed by atoms with Gasteiger partial charge in [0.2, 0.25) is 0 Å². The van der Waals surface area contributed by atoms with Crippen molar-refractivity contribution in [2.45, 2.75) is 13.0 Å². The highest BCUT2D eigenvalue weighted by molar-refractivity contribution is 7.12. The summed E-state index contributed by atoms with van der Waals surface area (Å²) in [6.07, 6.45) is 1.27. The van der Waals surface area contributed by atoms with Crippen molar-refractivity contribution < 1.29 is 9.90 Å². The molecule has 4 nitrogen and oxygen atoms in total. The van der Waals surface area contributed by atoms with Gasteiger partial charge < -0.3 is 15.0 Å². The number of aliphatic hydroxyl groups is 1. The Morgan fingerprint density at radius 3 is 2.91 bits per heavy atom. The molecule has 1 aromatic carbocycles. The van der Waals surface area contributed by atoms with Crippen LogP contribution in [0.2, 0.25) is 0 Å². The quantitative estimate of drug-likeness (QED) is 0.778. The van der Waals surface area contributed by atoms with E-state index in [0.29, 0.717) is 4.88 Å². The van der Waals surface area contributed by atoms with Gasteiger partial charge >= 0.3 is 0 Å². The summed E-state index contributed by atoms with van der Waals surface area (Å²) in [5.41, 5.74) is 3.00. The molecule has 22 heavy (non-hydrogen) atoms. The number of carbonyl (C=O) groups is 1. The average molecular weight is 314 g/mol. The van der Waals surface area contributed by atoms with Crippen LogP contribution in [0.4, 0.5) is 0 Å². The molecule has 0 unspecified atom stereocenters. The highest BCUT2D eigenvalue weighted by Gasteiger charge is 2.13. The minimum atomic E-state index is -0.713. The normalized spacial score (nSPS) is 12.5. The number of aromatic nitrogens is 1. The fourth-order valence-corrected chi connectivity index (χ4v) is 3.27. The van der Waals surface area contributed by atoms with Gasteiger partial charge in [0.05, 0.1) is 11.0 Å². The molecule has 0 saturated carbocycles. The highest BCUT2D eigenvalue weighted by atomic mass is 32.1. The number of nitrogens with one attached hydrogen (secondary N) is 1. The Hall–Kier alpha value is -2.11. The van der Waals surface area contributed by atoms with E-state index in [1.807, 2.05) is 60.4 Å². The Bertz CT molecular complexity index is 819. The first-order valence-electron chi connectivity index (χ1n) is 7.11. The smallest absolute Gasteiger partial charge is 0.261 e. The second-order valence-electron chi connectivity index (χ2n) is 5.46. The van der Waals surface area contributed by atoms with Crippen molar-refractivity contribution in [3.05, 3.63) is 57.9 Å². The Balaban J connectivity index is 1.67. The van der Waals surface area contributed by atoms with Gasteiger partial charge in [-0.25, -0.2) is 0 Å². The van der Waals surface area contributed by atoms with Gasteiger partial charge in [-0.05, 0) is 53.1 Å². The number of aryl methyl sites for hydroxylation is 2. The van der Waals surface area contributed by atoms with Crippen LogP contribution in [-0.2, 0) is 7.05 Å². The SMILES string of the molecule is Cc1csc(C(=O)NC[C@H](O)c2ccc3c(ccn3C)c2)c1. The van der Waals surface area contributed by atoms with E-state index in [9.17, 15) is 9.90 Å². The van der Waals surface area contributed by atoms with Crippen molar-refractivity contribution in [3.63, 3.8) is 0 Å². The fraction of sp³-hybridized carbons (Fsp3) is 0.235. The molecule has 0 fully saturated rings. The number of rotatable bonds is 4. The topological polar surface area (TPSA) is 54.3 Å². The van der Waals surface area contributed by atoms with Crippen LogP contribution in [0.15, 0.2) is 41.9 Å². The van der Waals surface area contributed by atoms with Gasteiger partial charge in [0.1, 0.15) is 0 Å². The summed E-state index contributed by atoms with van der Waals surface area (Å²) < 4.78 is 2.03. The summed E-state index contributed by atoms with van der Waals surface area (Å²) in [6, 6.07) is 9.70. The van der Waals surface area contributed by atoms with Crippen LogP contribution < -0.4 is 5.32 Å². The molecule has 2 N–H and O–H groups in total. The largest absolute Gasteiger partial charge is 0.387 e. The molecule has 0 radical (unpaired) electrons. The van der Waals surface area contributed by atoms with E-state index in [1.165, 1.54) is 11.3 Å². The van der Waals surface area contributed by atoms with Crippen molar-refractivity contribution in [1.82, 2.24) is 9.88 Å². The molecule has 1 amide bonds. The first kappa shape index (κ1) is 14.8. The van der Waals surface area contributed by atoms with Gasteiger partial charge in [-0.1, -0.05) is 6.07 Å². The van der Waals surface area contributed by atoms with Crippen molar-refractivity contribution in [2.75, 3.05) is 6.54 Å². The van der Waals surface area contributed by atoms with E-state index in [0.717, 1.165) is 22.0 Å². The first-order chi connectivity index (χ1) is 10.5. The lowest BCUT2D eigenvalue weighted by Crippen LogP contribution is -2.27. The molecule has 1 atom stereocenters. The second-order valence-corrected chi connectivity index (χ2v) is 6.37. The Morgan fingerprint density at radius 1 is 1.36 bits per heavy atom. The predicted molar refractivity (Wildman–Crippen MR) is 89.3 cm³/mol. The Kier molecular flexibility index (Phi) is 4.00. The number of amides is 1. The maximum Gasteiger partial charge on any atom is 0.261 e. The number of hydrogen-bond donors (Lipinski definition) is 2. The van der Waals surface area contributed by atoms with Crippen molar-refractivity contribution >= 4 is 28.1 Å². The molecule has 0 bridgehead atoms. The minimum absolute atomic E-state index is 0.141. The fourth-order valence-electron chi connectivity index (χ4n) is 2.45. The number of hydrogen-bond acceptors (Lipinski definition) is 3. The molecular weight excluding hydrogens is 296 g/mol. The van der Waals surface area contributed by atoms with E-state index in [2.05, 4.69) is 5.32 Å². The van der Waals surface area contributed by atoms with Gasteiger partial charge in [-0.3, -0.25) is 4.79 Å². The maximum absolute atomic E-state index is 12.0. The van der Waals surface area contributed by atoms with E-state index < -0.39 is 6.10 Å². The molecule has 0 aliphatic heterocycles. The molecular formula is C17H18N2O2S. The minimum Gasteiger partial charge on any atom is -0.387 e.